The average molecular weight is 521 g/mol. The Balaban J connectivity index is 1.58. The van der Waals surface area contributed by atoms with E-state index in [1.165, 1.54) is 6.07 Å². The van der Waals surface area contributed by atoms with Crippen molar-refractivity contribution in [1.29, 1.82) is 0 Å². The number of nitrogens with zero attached hydrogens (tertiary/aromatic N) is 2. The summed E-state index contributed by atoms with van der Waals surface area (Å²) in [6.45, 7) is 7.10. The van der Waals surface area contributed by atoms with Crippen LogP contribution in [-0.4, -0.2) is 51.5 Å². The maximum atomic E-state index is 14.3. The summed E-state index contributed by atoms with van der Waals surface area (Å²) >= 11 is 0. The van der Waals surface area contributed by atoms with Gasteiger partial charge < -0.3 is 19.5 Å². The summed E-state index contributed by atoms with van der Waals surface area (Å²) in [5.41, 5.74) is -3.09. The molecule has 0 saturated heterocycles. The molecule has 6 atom stereocenters. The van der Waals surface area contributed by atoms with Crippen LogP contribution >= 0.6 is 0 Å². The van der Waals surface area contributed by atoms with Crippen molar-refractivity contribution in [1.82, 2.24) is 5.16 Å². The van der Waals surface area contributed by atoms with Gasteiger partial charge in [-0.15, -0.1) is 0 Å². The minimum atomic E-state index is -2.22. The fourth-order valence-electron chi connectivity index (χ4n) is 6.58. The van der Waals surface area contributed by atoms with Crippen LogP contribution in [0.25, 0.3) is 11.3 Å². The third-order valence-electron chi connectivity index (χ3n) is 9.21. The van der Waals surface area contributed by atoms with E-state index in [4.69, 9.17) is 9.26 Å². The van der Waals surface area contributed by atoms with E-state index in [9.17, 15) is 24.7 Å². The van der Waals surface area contributed by atoms with Crippen molar-refractivity contribution in [2.45, 2.75) is 58.3 Å². The predicted octanol–water partition coefficient (Wildman–Crippen LogP) is 4.25. The van der Waals surface area contributed by atoms with E-state index in [1.54, 1.807) is 31.2 Å². The van der Waals surface area contributed by atoms with Crippen LogP contribution in [0, 0.1) is 27.6 Å². The molecule has 200 valence electrons. The molecule has 2 N–H and O–H groups in total. The van der Waals surface area contributed by atoms with E-state index in [2.05, 4.69) is 17.3 Å². The summed E-state index contributed by atoms with van der Waals surface area (Å²) < 4.78 is 11.2. The van der Waals surface area contributed by atoms with E-state index in [-0.39, 0.29) is 29.4 Å². The van der Waals surface area contributed by atoms with E-state index in [0.29, 0.717) is 23.3 Å². The second kappa shape index (κ2) is 9.10. The van der Waals surface area contributed by atoms with Crippen LogP contribution in [0.4, 0.5) is 0 Å². The number of benzene rings is 1. The summed E-state index contributed by atoms with van der Waals surface area (Å²) in [6.07, 6.45) is 2.72. The molecule has 9 nitrogen and oxygen atoms in total. The number of carbonyl (C=O) groups is 2. The molecule has 0 radical (unpaired) electrons. The minimum Gasteiger partial charge on any atom is -0.450 e. The Morgan fingerprint density at radius 2 is 1.97 bits per heavy atom. The molecule has 9 heteroatoms. The predicted molar refractivity (Wildman–Crippen MR) is 138 cm³/mol. The van der Waals surface area contributed by atoms with Crippen LogP contribution in [0.5, 0.6) is 0 Å². The van der Waals surface area contributed by atoms with Crippen LogP contribution in [-0.2, 0) is 9.53 Å². The van der Waals surface area contributed by atoms with Gasteiger partial charge in [0.1, 0.15) is 6.04 Å². The van der Waals surface area contributed by atoms with Crippen molar-refractivity contribution in [3.63, 3.8) is 0 Å². The molecule has 1 aromatic carbocycles. The number of ketones is 1. The fourth-order valence-corrected chi connectivity index (χ4v) is 6.58. The molecule has 1 spiro atoms. The van der Waals surface area contributed by atoms with Crippen LogP contribution in [0.15, 0.2) is 69.4 Å². The maximum absolute atomic E-state index is 14.3. The van der Waals surface area contributed by atoms with Crippen molar-refractivity contribution >= 4 is 11.8 Å². The number of esters is 1. The first-order chi connectivity index (χ1) is 18.0. The molecule has 2 aromatic rings. The van der Waals surface area contributed by atoms with Crippen molar-refractivity contribution in [2.75, 3.05) is 6.61 Å². The highest BCUT2D eigenvalue weighted by Crippen LogP contribution is 2.61. The van der Waals surface area contributed by atoms with Gasteiger partial charge in [-0.05, 0) is 42.2 Å². The molecule has 3 aliphatic rings. The molecule has 1 aromatic heterocycles. The highest BCUT2D eigenvalue weighted by atomic mass is 16.6. The summed E-state index contributed by atoms with van der Waals surface area (Å²) in [6, 6.07) is 9.03. The first-order valence-corrected chi connectivity index (χ1v) is 12.8. The first-order valence-electron chi connectivity index (χ1n) is 12.8. The van der Waals surface area contributed by atoms with E-state index >= 15 is 0 Å². The monoisotopic (exact) mass is 520 g/mol. The molecule has 38 heavy (non-hydrogen) atoms. The number of aromatic nitrogens is 1. The average Bonchev–Trinajstić information content (AvgIpc) is 3.44. The molecule has 2 bridgehead atoms. The number of hydrogen-bond donors (Lipinski definition) is 2. The number of hydrogen-bond acceptors (Lipinski definition) is 9. The highest BCUT2D eigenvalue weighted by Gasteiger charge is 2.71. The number of allylic oxidation sites excluding steroid dienone is 1. The van der Waals surface area contributed by atoms with E-state index < -0.39 is 47.1 Å². The topological polar surface area (TPSA) is 139 Å². The zero-order chi connectivity index (χ0) is 27.5. The maximum Gasteiger partial charge on any atom is 0.361 e. The van der Waals surface area contributed by atoms with Gasteiger partial charge in [0, 0.05) is 17.5 Å². The third kappa shape index (κ3) is 3.55. The molecule has 3 aliphatic carbocycles. The van der Waals surface area contributed by atoms with Gasteiger partial charge in [-0.2, -0.15) is 4.91 Å². The molecule has 6 unspecified atom stereocenters. The minimum absolute atomic E-state index is 0.0962. The van der Waals surface area contributed by atoms with Gasteiger partial charge in [-0.1, -0.05) is 73.6 Å². The smallest absolute Gasteiger partial charge is 0.361 e. The normalized spacial score (nSPS) is 33.9. The number of nitroso groups, excluding NO2 is 1. The fraction of sp³-hybridized carbons (Fsp3) is 0.483. The first kappa shape index (κ1) is 26.2. The number of aliphatic hydroxyl groups is 2. The molecule has 1 heterocycles. The Morgan fingerprint density at radius 1 is 1.26 bits per heavy atom. The SMILES string of the molecule is CC1=CC23CCC(C)C(C)(C)C(C=C(CO)C(N=O)C2(O)C1OC(=O)c1cc(-c2ccccc2)on1)C3=O. The van der Waals surface area contributed by atoms with Gasteiger partial charge in [0.2, 0.25) is 0 Å². The Morgan fingerprint density at radius 3 is 2.63 bits per heavy atom. The summed E-state index contributed by atoms with van der Waals surface area (Å²) in [7, 11) is 0. The second-order valence-corrected chi connectivity index (χ2v) is 11.4. The van der Waals surface area contributed by atoms with Gasteiger partial charge >= 0.3 is 5.97 Å². The van der Waals surface area contributed by atoms with Crippen LogP contribution < -0.4 is 0 Å². The summed E-state index contributed by atoms with van der Waals surface area (Å²) in [5.74, 6) is -1.37. The molecule has 0 aliphatic heterocycles. The lowest BCUT2D eigenvalue weighted by Crippen LogP contribution is -2.63. The Kier molecular flexibility index (Phi) is 6.27. The lowest BCUT2D eigenvalue weighted by molar-refractivity contribution is -0.159. The van der Waals surface area contributed by atoms with Crippen molar-refractivity contribution in [2.24, 2.45) is 27.8 Å². The number of fused-ring (bicyclic) bond motifs is 1. The largest absolute Gasteiger partial charge is 0.450 e. The molecule has 5 rings (SSSR count). The number of Topliss-reactive ketones (excluding diaryl/α,β-unsaturated/α-hetero) is 1. The molecule has 0 amide bonds. The number of aliphatic hydroxyl groups excluding tert-OH is 1. The Bertz CT molecular complexity index is 1340. The van der Waals surface area contributed by atoms with Crippen LogP contribution in [0.1, 0.15) is 51.0 Å². The number of ether oxygens (including phenoxy) is 1. The Hall–Kier alpha value is -3.43. The van der Waals surface area contributed by atoms with E-state index in [0.717, 1.165) is 0 Å². The van der Waals surface area contributed by atoms with Gasteiger partial charge in [0.15, 0.2) is 28.9 Å². The zero-order valence-electron chi connectivity index (χ0n) is 21.9. The summed E-state index contributed by atoms with van der Waals surface area (Å²) in [4.78, 5) is 39.9. The van der Waals surface area contributed by atoms with Crippen molar-refractivity contribution < 1.29 is 29.1 Å². The number of carbonyl (C=O) groups excluding carboxylic acids is 2. The lowest BCUT2D eigenvalue weighted by atomic mass is 9.62. The quantitative estimate of drug-likeness (QED) is 0.339. The summed E-state index contributed by atoms with van der Waals surface area (Å²) in [5, 5.41) is 29.8. The molecular weight excluding hydrogens is 488 g/mol. The van der Waals surface area contributed by atoms with Gasteiger partial charge in [0.25, 0.3) is 0 Å². The van der Waals surface area contributed by atoms with Crippen LogP contribution in [0.2, 0.25) is 0 Å². The highest BCUT2D eigenvalue weighted by molar-refractivity contribution is 5.95. The molecule has 1 fully saturated rings. The zero-order valence-corrected chi connectivity index (χ0v) is 21.9. The third-order valence-corrected chi connectivity index (χ3v) is 9.21. The van der Waals surface area contributed by atoms with Crippen molar-refractivity contribution in [3.8, 4) is 11.3 Å². The van der Waals surface area contributed by atoms with Gasteiger partial charge in [-0.25, -0.2) is 4.79 Å². The standard InChI is InChI=1S/C29H32N2O7/c1-16-14-28-11-10-17(2)27(3,4)20(24(28)33)12-19(15-32)23(30-36)29(28,35)25(16)37-26(34)21-13-22(38-31-21)18-8-6-5-7-9-18/h5-9,12-14,17,20,23,25,32,35H,10-11,15H2,1-4H3. The number of rotatable bonds is 5. The van der Waals surface area contributed by atoms with Crippen molar-refractivity contribution in [3.05, 3.63) is 70.3 Å². The van der Waals surface area contributed by atoms with E-state index in [1.807, 2.05) is 32.0 Å². The van der Waals surface area contributed by atoms with Gasteiger partial charge in [-0.3, -0.25) is 4.79 Å². The second-order valence-electron chi connectivity index (χ2n) is 11.4. The molecular formula is C29H32N2O7. The lowest BCUT2D eigenvalue weighted by Gasteiger charge is -2.45. The molecule has 1 saturated carbocycles. The van der Waals surface area contributed by atoms with Crippen LogP contribution in [0.3, 0.4) is 0 Å². The van der Waals surface area contributed by atoms with Gasteiger partial charge in [0.05, 0.1) is 12.0 Å². The Labute approximate surface area is 220 Å².